The lowest BCUT2D eigenvalue weighted by atomic mass is 10.2. The van der Waals surface area contributed by atoms with E-state index in [-0.39, 0.29) is 23.5 Å². The number of nitrogens with zero attached hydrogens (tertiary/aromatic N) is 4. The number of amides is 1. The van der Waals surface area contributed by atoms with Crippen LogP contribution in [-0.2, 0) is 27.9 Å². The Morgan fingerprint density at radius 2 is 1.93 bits per heavy atom. The van der Waals surface area contributed by atoms with Gasteiger partial charge in [0.1, 0.15) is 6.54 Å². The molecule has 2 fully saturated rings. The molecule has 0 atom stereocenters. The third kappa shape index (κ3) is 4.73. The molecule has 0 bridgehead atoms. The molecule has 1 saturated heterocycles. The Balaban J connectivity index is 1.46. The summed E-state index contributed by atoms with van der Waals surface area (Å²) >= 11 is 1.66. The molecule has 0 radical (unpaired) electrons. The number of carbonyl (C=O) groups excluding carboxylic acids is 1. The Morgan fingerprint density at radius 3 is 2.62 bits per heavy atom. The first-order valence-electron chi connectivity index (χ1n) is 10.4. The van der Waals surface area contributed by atoms with Crippen molar-refractivity contribution in [2.24, 2.45) is 0 Å². The van der Waals surface area contributed by atoms with Crippen molar-refractivity contribution in [1.29, 1.82) is 0 Å². The number of carbonyl (C=O) groups is 1. The maximum absolute atomic E-state index is 13.1. The van der Waals surface area contributed by atoms with Gasteiger partial charge in [0.05, 0.1) is 12.9 Å². The molecule has 9 heteroatoms. The van der Waals surface area contributed by atoms with Crippen LogP contribution < -0.4 is 0 Å². The van der Waals surface area contributed by atoms with Crippen molar-refractivity contribution in [2.75, 3.05) is 13.1 Å². The van der Waals surface area contributed by atoms with E-state index in [0.717, 1.165) is 44.9 Å². The third-order valence-corrected chi connectivity index (χ3v) is 8.48. The van der Waals surface area contributed by atoms with Gasteiger partial charge in [-0.2, -0.15) is 4.31 Å². The van der Waals surface area contributed by atoms with Crippen LogP contribution in [0.4, 0.5) is 0 Å². The molecular formula is C20H28N4O3S2. The number of thiophene rings is 1. The molecule has 0 unspecified atom stereocenters. The molecule has 4 rings (SSSR count). The molecule has 1 aliphatic heterocycles. The summed E-state index contributed by atoms with van der Waals surface area (Å²) in [6.45, 7) is 1.83. The smallest absolute Gasteiger partial charge is 0.262 e. The maximum Gasteiger partial charge on any atom is 0.262 e. The summed E-state index contributed by atoms with van der Waals surface area (Å²) < 4.78 is 28.7. The van der Waals surface area contributed by atoms with E-state index in [1.807, 2.05) is 16.3 Å². The van der Waals surface area contributed by atoms with Crippen molar-refractivity contribution in [1.82, 2.24) is 18.8 Å². The van der Waals surface area contributed by atoms with Crippen molar-refractivity contribution in [3.05, 3.63) is 34.9 Å². The number of rotatable bonds is 7. The first-order chi connectivity index (χ1) is 14.0. The van der Waals surface area contributed by atoms with E-state index >= 15 is 0 Å². The second-order valence-electron chi connectivity index (χ2n) is 7.89. The lowest BCUT2D eigenvalue weighted by Gasteiger charge is -2.29. The van der Waals surface area contributed by atoms with E-state index in [9.17, 15) is 13.2 Å². The summed E-state index contributed by atoms with van der Waals surface area (Å²) in [5.41, 5.74) is 0. The van der Waals surface area contributed by atoms with Crippen molar-refractivity contribution < 1.29 is 13.2 Å². The fourth-order valence-corrected chi connectivity index (χ4v) is 6.41. The first-order valence-corrected chi connectivity index (χ1v) is 12.7. The Kier molecular flexibility index (Phi) is 6.36. The summed E-state index contributed by atoms with van der Waals surface area (Å²) in [6, 6.07) is 4.33. The number of sulfonamides is 1. The summed E-state index contributed by atoms with van der Waals surface area (Å²) in [5.74, 6) is 0.0182. The summed E-state index contributed by atoms with van der Waals surface area (Å²) in [4.78, 5) is 20.4. The van der Waals surface area contributed by atoms with E-state index in [0.29, 0.717) is 19.6 Å². The van der Waals surface area contributed by atoms with Crippen LogP contribution in [0.2, 0.25) is 0 Å². The minimum atomic E-state index is -3.58. The molecule has 1 saturated carbocycles. The van der Waals surface area contributed by atoms with Crippen LogP contribution in [-0.4, -0.2) is 52.2 Å². The SMILES string of the molecule is O=C(Cn1cnc(S(=O)(=O)N2CCCCC2)c1)N(Cc1cccs1)C1CCCC1. The zero-order valence-electron chi connectivity index (χ0n) is 16.6. The molecule has 2 aromatic rings. The number of aromatic nitrogens is 2. The van der Waals surface area contributed by atoms with Crippen LogP contribution in [0.15, 0.2) is 35.1 Å². The van der Waals surface area contributed by atoms with Gasteiger partial charge in [-0.1, -0.05) is 25.3 Å². The van der Waals surface area contributed by atoms with Crippen molar-refractivity contribution in [3.63, 3.8) is 0 Å². The van der Waals surface area contributed by atoms with E-state index in [1.165, 1.54) is 21.7 Å². The standard InChI is InChI=1S/C20H28N4O3S2/c25-20(24(17-7-2-3-8-17)13-18-9-6-12-28-18)15-22-14-19(21-16-22)29(26,27)23-10-4-1-5-11-23/h6,9,12,14,16-17H,1-5,7-8,10-11,13,15H2. The molecule has 1 amide bonds. The number of piperidine rings is 1. The third-order valence-electron chi connectivity index (χ3n) is 5.84. The largest absolute Gasteiger partial charge is 0.333 e. The lowest BCUT2D eigenvalue weighted by molar-refractivity contribution is -0.134. The Hall–Kier alpha value is -1.71. The van der Waals surface area contributed by atoms with Gasteiger partial charge in [-0.25, -0.2) is 13.4 Å². The Bertz CT molecular complexity index is 911. The van der Waals surface area contributed by atoms with Crippen molar-refractivity contribution in [3.8, 4) is 0 Å². The van der Waals surface area contributed by atoms with Crippen molar-refractivity contribution in [2.45, 2.75) is 69.1 Å². The quantitative estimate of drug-likeness (QED) is 0.668. The summed E-state index contributed by atoms with van der Waals surface area (Å²) in [5, 5.41) is 2.07. The molecule has 0 aromatic carbocycles. The van der Waals surface area contributed by atoms with Crippen LogP contribution in [0, 0.1) is 0 Å². The van der Waals surface area contributed by atoms with Gasteiger partial charge in [0, 0.05) is 30.2 Å². The highest BCUT2D eigenvalue weighted by atomic mass is 32.2. The fourth-order valence-electron chi connectivity index (χ4n) is 4.25. The van der Waals surface area contributed by atoms with Crippen LogP contribution in [0.3, 0.4) is 0 Å². The van der Waals surface area contributed by atoms with Gasteiger partial charge in [-0.15, -0.1) is 11.3 Å². The highest BCUT2D eigenvalue weighted by Crippen LogP contribution is 2.26. The van der Waals surface area contributed by atoms with Crippen molar-refractivity contribution >= 4 is 27.3 Å². The molecule has 7 nitrogen and oxygen atoms in total. The first kappa shape index (κ1) is 20.6. The predicted molar refractivity (Wildman–Crippen MR) is 112 cm³/mol. The summed E-state index contributed by atoms with van der Waals surface area (Å²) in [6.07, 6.45) is 10.2. The molecule has 0 N–H and O–H groups in total. The lowest BCUT2D eigenvalue weighted by Crippen LogP contribution is -2.40. The second-order valence-corrected chi connectivity index (χ2v) is 10.8. The fraction of sp³-hybridized carbons (Fsp3) is 0.600. The molecule has 1 aliphatic carbocycles. The van der Waals surface area contributed by atoms with E-state index in [1.54, 1.807) is 15.9 Å². The minimum absolute atomic E-state index is 0.0182. The average Bonchev–Trinajstić information content (AvgIpc) is 3.49. The van der Waals surface area contributed by atoms with Gasteiger partial charge in [0.15, 0.2) is 5.03 Å². The van der Waals surface area contributed by atoms with E-state index < -0.39 is 10.0 Å². The number of imidazole rings is 1. The normalized spacial score (nSPS) is 18.9. The van der Waals surface area contributed by atoms with Gasteiger partial charge < -0.3 is 9.47 Å². The number of hydrogen-bond acceptors (Lipinski definition) is 5. The molecule has 3 heterocycles. The molecule has 29 heavy (non-hydrogen) atoms. The van der Waals surface area contributed by atoms with Gasteiger partial charge in [-0.3, -0.25) is 4.79 Å². The topological polar surface area (TPSA) is 75.5 Å². The highest BCUT2D eigenvalue weighted by Gasteiger charge is 2.30. The van der Waals surface area contributed by atoms with Gasteiger partial charge in [-0.05, 0) is 37.1 Å². The van der Waals surface area contributed by atoms with Crippen LogP contribution in [0.25, 0.3) is 0 Å². The minimum Gasteiger partial charge on any atom is -0.333 e. The molecular weight excluding hydrogens is 408 g/mol. The highest BCUT2D eigenvalue weighted by molar-refractivity contribution is 7.89. The van der Waals surface area contributed by atoms with Crippen LogP contribution >= 0.6 is 11.3 Å². The maximum atomic E-state index is 13.1. The molecule has 2 aromatic heterocycles. The molecule has 0 spiro atoms. The molecule has 158 valence electrons. The van der Waals surface area contributed by atoms with Gasteiger partial charge >= 0.3 is 0 Å². The zero-order valence-corrected chi connectivity index (χ0v) is 18.2. The van der Waals surface area contributed by atoms with E-state index in [2.05, 4.69) is 11.1 Å². The van der Waals surface area contributed by atoms with Gasteiger partial charge in [0.2, 0.25) is 5.91 Å². The summed E-state index contributed by atoms with van der Waals surface area (Å²) in [7, 11) is -3.58. The van der Waals surface area contributed by atoms with Crippen LogP contribution in [0.5, 0.6) is 0 Å². The van der Waals surface area contributed by atoms with Crippen LogP contribution in [0.1, 0.15) is 49.8 Å². The monoisotopic (exact) mass is 436 g/mol. The average molecular weight is 437 g/mol. The number of hydrogen-bond donors (Lipinski definition) is 0. The zero-order chi connectivity index (χ0) is 20.3. The predicted octanol–water partition coefficient (Wildman–Crippen LogP) is 3.09. The second kappa shape index (κ2) is 8.97. The Morgan fingerprint density at radius 1 is 1.17 bits per heavy atom. The Labute approximate surface area is 176 Å². The van der Waals surface area contributed by atoms with E-state index in [4.69, 9.17) is 0 Å². The molecule has 2 aliphatic rings. The van der Waals surface area contributed by atoms with Gasteiger partial charge in [0.25, 0.3) is 10.0 Å².